The number of amides is 1. The summed E-state index contributed by atoms with van der Waals surface area (Å²) in [5, 5.41) is 2.84. The maximum atomic E-state index is 11.2. The smallest absolute Gasteiger partial charge is 0.284 e. The van der Waals surface area contributed by atoms with Crippen molar-refractivity contribution < 1.29 is 9.59 Å². The van der Waals surface area contributed by atoms with E-state index in [9.17, 15) is 9.59 Å². The van der Waals surface area contributed by atoms with Crippen molar-refractivity contribution in [2.24, 2.45) is 5.73 Å². The zero-order chi connectivity index (χ0) is 13.7. The molecule has 5 heteroatoms. The molecule has 0 radical (unpaired) electrons. The van der Waals surface area contributed by atoms with Crippen LogP contribution < -0.4 is 11.1 Å². The van der Waals surface area contributed by atoms with Gasteiger partial charge in [0.15, 0.2) is 0 Å². The molecule has 1 amide bonds. The monoisotopic (exact) mass is 267 g/mol. The Morgan fingerprint density at radius 2 is 2.11 bits per heavy atom. The molecule has 1 heterocycles. The van der Waals surface area contributed by atoms with E-state index < -0.39 is 5.91 Å². The van der Waals surface area contributed by atoms with Crippen LogP contribution in [0.5, 0.6) is 0 Å². The first-order valence-corrected chi connectivity index (χ1v) is 7.41. The van der Waals surface area contributed by atoms with Gasteiger partial charge in [-0.25, -0.2) is 0 Å². The average molecular weight is 267 g/mol. The van der Waals surface area contributed by atoms with Crippen molar-refractivity contribution in [1.82, 2.24) is 10.2 Å². The van der Waals surface area contributed by atoms with Gasteiger partial charge in [0.25, 0.3) is 5.91 Å². The quantitative estimate of drug-likeness (QED) is 0.572. The Bertz CT molecular complexity index is 327. The summed E-state index contributed by atoms with van der Waals surface area (Å²) in [5.41, 5.74) is 5.93. The van der Waals surface area contributed by atoms with Gasteiger partial charge in [-0.3, -0.25) is 14.5 Å². The van der Waals surface area contributed by atoms with Crippen LogP contribution in [0.3, 0.4) is 0 Å². The van der Waals surface area contributed by atoms with Crippen molar-refractivity contribution in [3.8, 4) is 0 Å². The molecule has 1 saturated carbocycles. The molecule has 1 unspecified atom stereocenters. The number of carbonyl (C=O) groups excluding carboxylic acids is 2. The highest BCUT2D eigenvalue weighted by Crippen LogP contribution is 2.40. The van der Waals surface area contributed by atoms with E-state index in [1.54, 1.807) is 0 Å². The molecule has 0 bridgehead atoms. The van der Waals surface area contributed by atoms with Gasteiger partial charge in [0.1, 0.15) is 0 Å². The summed E-state index contributed by atoms with van der Waals surface area (Å²) in [6.07, 6.45) is 8.48. The minimum Gasteiger partial charge on any atom is -0.347 e. The van der Waals surface area contributed by atoms with Crippen LogP contribution in [-0.4, -0.2) is 48.3 Å². The van der Waals surface area contributed by atoms with E-state index >= 15 is 0 Å². The summed E-state index contributed by atoms with van der Waals surface area (Å²) in [5.74, 6) is -0.483. The maximum absolute atomic E-state index is 11.2. The van der Waals surface area contributed by atoms with Crippen molar-refractivity contribution in [3.05, 3.63) is 0 Å². The predicted molar refractivity (Wildman–Crippen MR) is 73.7 cm³/mol. The van der Waals surface area contributed by atoms with Crippen LogP contribution >= 0.6 is 0 Å². The average Bonchev–Trinajstić information content (AvgIpc) is 2.43. The largest absolute Gasteiger partial charge is 0.347 e. The van der Waals surface area contributed by atoms with E-state index in [2.05, 4.69) is 10.2 Å². The van der Waals surface area contributed by atoms with Crippen molar-refractivity contribution in [2.75, 3.05) is 19.6 Å². The minimum absolute atomic E-state index is 0.143. The first-order chi connectivity index (χ1) is 9.20. The Balaban J connectivity index is 2.04. The predicted octanol–water partition coefficient (Wildman–Crippen LogP) is 0.427. The fourth-order valence-corrected chi connectivity index (χ4v) is 3.83. The second-order valence-electron chi connectivity index (χ2n) is 5.88. The first-order valence-electron chi connectivity index (χ1n) is 7.41. The second kappa shape index (κ2) is 6.48. The standard InChI is InChI=1S/C14H25N3O2/c15-7-9-17-8-4-12(16-13(19)11-18)10-14(17)5-2-1-3-6-14/h11-12H,1-10,15H2,(H,16,19). The zero-order valence-electron chi connectivity index (χ0n) is 11.6. The molecule has 19 heavy (non-hydrogen) atoms. The normalized spacial score (nSPS) is 27.1. The molecule has 0 aromatic heterocycles. The lowest BCUT2D eigenvalue weighted by Crippen LogP contribution is -2.60. The number of nitrogens with two attached hydrogens (primary N) is 1. The molecule has 1 spiro atoms. The highest BCUT2D eigenvalue weighted by molar-refractivity contribution is 6.23. The lowest BCUT2D eigenvalue weighted by Gasteiger charge is -2.52. The molecule has 0 aromatic carbocycles. The topological polar surface area (TPSA) is 75.4 Å². The lowest BCUT2D eigenvalue weighted by atomic mass is 9.73. The molecule has 5 nitrogen and oxygen atoms in total. The van der Waals surface area contributed by atoms with Crippen LogP contribution in [0.15, 0.2) is 0 Å². The highest BCUT2D eigenvalue weighted by atomic mass is 16.2. The second-order valence-corrected chi connectivity index (χ2v) is 5.88. The SMILES string of the molecule is NCCN1CCC(NC(=O)C=O)CC12CCCCC2. The number of piperidine rings is 1. The third-order valence-electron chi connectivity index (χ3n) is 4.68. The first kappa shape index (κ1) is 14.5. The Morgan fingerprint density at radius 1 is 1.37 bits per heavy atom. The van der Waals surface area contributed by atoms with Crippen molar-refractivity contribution in [1.29, 1.82) is 0 Å². The van der Waals surface area contributed by atoms with Gasteiger partial charge in [-0.1, -0.05) is 19.3 Å². The van der Waals surface area contributed by atoms with Crippen LogP contribution in [-0.2, 0) is 9.59 Å². The van der Waals surface area contributed by atoms with E-state index in [0.29, 0.717) is 12.8 Å². The maximum Gasteiger partial charge on any atom is 0.284 e. The van der Waals surface area contributed by atoms with E-state index in [4.69, 9.17) is 5.73 Å². The Hall–Kier alpha value is -0.940. The van der Waals surface area contributed by atoms with Gasteiger partial charge in [-0.2, -0.15) is 0 Å². The molecular formula is C14H25N3O2. The van der Waals surface area contributed by atoms with Gasteiger partial charge in [0.2, 0.25) is 6.29 Å². The van der Waals surface area contributed by atoms with Crippen molar-refractivity contribution >= 4 is 12.2 Å². The van der Waals surface area contributed by atoms with E-state index in [1.807, 2.05) is 0 Å². The molecule has 108 valence electrons. The van der Waals surface area contributed by atoms with Crippen LogP contribution in [0.1, 0.15) is 44.9 Å². The van der Waals surface area contributed by atoms with Gasteiger partial charge in [-0.15, -0.1) is 0 Å². The van der Waals surface area contributed by atoms with Gasteiger partial charge in [0.05, 0.1) is 0 Å². The fourth-order valence-electron chi connectivity index (χ4n) is 3.83. The van der Waals surface area contributed by atoms with Gasteiger partial charge >= 0.3 is 0 Å². The summed E-state index contributed by atoms with van der Waals surface area (Å²) in [7, 11) is 0. The molecule has 1 aliphatic heterocycles. The van der Waals surface area contributed by atoms with E-state index in [0.717, 1.165) is 25.9 Å². The van der Waals surface area contributed by atoms with Crippen LogP contribution in [0.4, 0.5) is 0 Å². The van der Waals surface area contributed by atoms with E-state index in [1.165, 1.54) is 32.1 Å². The molecule has 1 saturated heterocycles. The summed E-state index contributed by atoms with van der Waals surface area (Å²) >= 11 is 0. The number of rotatable bonds is 4. The number of aldehydes is 1. The number of hydrogen-bond donors (Lipinski definition) is 2. The van der Waals surface area contributed by atoms with Gasteiger partial charge in [0, 0.05) is 31.2 Å². The summed E-state index contributed by atoms with van der Waals surface area (Å²) in [6.45, 7) is 2.60. The van der Waals surface area contributed by atoms with Crippen LogP contribution in [0.2, 0.25) is 0 Å². The van der Waals surface area contributed by atoms with E-state index in [-0.39, 0.29) is 11.6 Å². The molecule has 0 aromatic rings. The lowest BCUT2D eigenvalue weighted by molar-refractivity contribution is -0.132. The van der Waals surface area contributed by atoms with Gasteiger partial charge < -0.3 is 11.1 Å². The molecule has 1 atom stereocenters. The molecular weight excluding hydrogens is 242 g/mol. The fraction of sp³-hybridized carbons (Fsp3) is 0.857. The summed E-state index contributed by atoms with van der Waals surface area (Å²) in [6, 6.07) is 0.143. The van der Waals surface area contributed by atoms with Crippen molar-refractivity contribution in [2.45, 2.75) is 56.5 Å². The van der Waals surface area contributed by atoms with Crippen LogP contribution in [0.25, 0.3) is 0 Å². The molecule has 2 aliphatic rings. The molecule has 1 aliphatic carbocycles. The summed E-state index contributed by atoms with van der Waals surface area (Å²) in [4.78, 5) is 24.2. The Kier molecular flexibility index (Phi) is 4.93. The van der Waals surface area contributed by atoms with Crippen LogP contribution in [0, 0.1) is 0 Å². The Morgan fingerprint density at radius 3 is 2.74 bits per heavy atom. The number of likely N-dealkylation sites (tertiary alicyclic amines) is 1. The molecule has 2 fully saturated rings. The van der Waals surface area contributed by atoms with Crippen molar-refractivity contribution in [3.63, 3.8) is 0 Å². The third-order valence-corrected chi connectivity index (χ3v) is 4.68. The third kappa shape index (κ3) is 3.34. The number of hydrogen-bond acceptors (Lipinski definition) is 4. The summed E-state index contributed by atoms with van der Waals surface area (Å²) < 4.78 is 0. The number of nitrogens with one attached hydrogen (secondary N) is 1. The molecule has 3 N–H and O–H groups in total. The minimum atomic E-state index is -0.483. The number of carbonyl (C=O) groups is 2. The Labute approximate surface area is 114 Å². The van der Waals surface area contributed by atoms with Gasteiger partial charge in [-0.05, 0) is 25.7 Å². The zero-order valence-corrected chi connectivity index (χ0v) is 11.6. The number of nitrogens with zero attached hydrogens (tertiary/aromatic N) is 1. The highest BCUT2D eigenvalue weighted by Gasteiger charge is 2.42. The molecule has 2 rings (SSSR count).